The predicted molar refractivity (Wildman–Crippen MR) is 112 cm³/mol. The van der Waals surface area contributed by atoms with Crippen LogP contribution in [-0.4, -0.2) is 39.9 Å². The summed E-state index contributed by atoms with van der Waals surface area (Å²) in [5.41, 5.74) is 1.56. The van der Waals surface area contributed by atoms with Crippen molar-refractivity contribution in [3.05, 3.63) is 41.1 Å². The lowest BCUT2D eigenvalue weighted by Crippen LogP contribution is -2.16. The Morgan fingerprint density at radius 2 is 2.20 bits per heavy atom. The number of carbonyl (C=O) groups is 1. The number of carboxylic acids is 1. The van der Waals surface area contributed by atoms with Crippen molar-refractivity contribution in [1.82, 2.24) is 9.78 Å². The number of fused-ring (bicyclic) bond motifs is 1. The highest BCUT2D eigenvalue weighted by Crippen LogP contribution is 2.32. The number of rotatable bonds is 8. The molecule has 30 heavy (non-hydrogen) atoms. The van der Waals surface area contributed by atoms with E-state index in [1.165, 1.54) is 21.4 Å². The average molecular weight is 439 g/mol. The molecule has 0 saturated heterocycles. The molecule has 0 amide bonds. The lowest BCUT2D eigenvalue weighted by Gasteiger charge is -2.18. The van der Waals surface area contributed by atoms with Crippen LogP contribution in [0.2, 0.25) is 0 Å². The van der Waals surface area contributed by atoms with Gasteiger partial charge < -0.3 is 19.9 Å². The maximum absolute atomic E-state index is 13.3. The Balaban J connectivity index is 1.93. The first-order chi connectivity index (χ1) is 14.1. The molecule has 3 rings (SSSR count). The van der Waals surface area contributed by atoms with Gasteiger partial charge in [0.25, 0.3) is 0 Å². The van der Waals surface area contributed by atoms with Gasteiger partial charge in [0.2, 0.25) is 0 Å². The Morgan fingerprint density at radius 1 is 1.43 bits per heavy atom. The van der Waals surface area contributed by atoms with Gasteiger partial charge in [-0.05, 0) is 45.9 Å². The second-order valence-corrected chi connectivity index (χ2v) is 8.07. The maximum atomic E-state index is 13.3. The zero-order valence-corrected chi connectivity index (χ0v) is 17.8. The van der Waals surface area contributed by atoms with E-state index in [0.717, 1.165) is 0 Å². The Hall–Kier alpha value is -2.67. The minimum absolute atomic E-state index is 0.00108. The number of ether oxygens (including phenoxy) is 2. The second kappa shape index (κ2) is 9.00. The average Bonchev–Trinajstić information content (AvgIpc) is 2.87. The van der Waals surface area contributed by atoms with Gasteiger partial charge in [-0.15, -0.1) is 0 Å². The highest BCUT2D eigenvalue weighted by atomic mass is 31.0. The molecule has 162 valence electrons. The first-order valence-corrected chi connectivity index (χ1v) is 10.0. The van der Waals surface area contributed by atoms with Gasteiger partial charge in [0.05, 0.1) is 19.3 Å². The van der Waals surface area contributed by atoms with Crippen molar-refractivity contribution in [3.63, 3.8) is 0 Å². The molecule has 7 nitrogen and oxygen atoms in total. The fourth-order valence-electron chi connectivity index (χ4n) is 3.02. The molecule has 10 heteroatoms. The number of nitrogens with zero attached hydrogens (tertiary/aromatic N) is 2. The molecule has 0 fully saturated rings. The summed E-state index contributed by atoms with van der Waals surface area (Å²) in [5, 5.41) is 16.8. The first kappa shape index (κ1) is 22.0. The third-order valence-electron chi connectivity index (χ3n) is 4.34. The number of nitrogens with one attached hydrogen (secondary N) is 1. The van der Waals surface area contributed by atoms with Crippen LogP contribution < -0.4 is 14.8 Å². The number of hydrogen-bond donors (Lipinski definition) is 2. The van der Waals surface area contributed by atoms with Crippen LogP contribution in [0.1, 0.15) is 31.4 Å². The van der Waals surface area contributed by atoms with Crippen molar-refractivity contribution in [2.24, 2.45) is 5.92 Å². The zero-order valence-electron chi connectivity index (χ0n) is 16.7. The van der Waals surface area contributed by atoms with Crippen LogP contribution >= 0.6 is 9.24 Å². The van der Waals surface area contributed by atoms with Gasteiger partial charge in [0.1, 0.15) is 17.3 Å². The van der Waals surface area contributed by atoms with Gasteiger partial charge in [0, 0.05) is 23.2 Å². The number of carboxylic acid groups (broad SMARTS) is 1. The van der Waals surface area contributed by atoms with Crippen molar-refractivity contribution < 1.29 is 28.2 Å². The quantitative estimate of drug-likeness (QED) is 0.604. The Bertz CT molecular complexity index is 954. The van der Waals surface area contributed by atoms with E-state index in [0.29, 0.717) is 47.8 Å². The molecule has 2 aromatic rings. The monoisotopic (exact) mass is 439 g/mol. The van der Waals surface area contributed by atoms with Crippen LogP contribution in [0.4, 0.5) is 14.6 Å². The molecule has 0 spiro atoms. The number of alkyl halides is 2. The highest BCUT2D eigenvalue weighted by molar-refractivity contribution is 7.17. The van der Waals surface area contributed by atoms with Gasteiger partial charge in [0.15, 0.2) is 0 Å². The van der Waals surface area contributed by atoms with Crippen molar-refractivity contribution >= 4 is 27.1 Å². The van der Waals surface area contributed by atoms with Crippen LogP contribution in [0, 0.1) is 5.92 Å². The maximum Gasteiger partial charge on any atom is 0.408 e. The van der Waals surface area contributed by atoms with Crippen molar-refractivity contribution in [2.45, 2.75) is 32.7 Å². The summed E-state index contributed by atoms with van der Waals surface area (Å²) in [6, 6.07) is 4.53. The number of benzene rings is 1. The molecule has 0 aliphatic carbocycles. The summed E-state index contributed by atoms with van der Waals surface area (Å²) in [6.07, 6.45) is 3.54. The molecule has 1 aromatic heterocycles. The van der Waals surface area contributed by atoms with E-state index in [1.54, 1.807) is 23.0 Å². The van der Waals surface area contributed by atoms with E-state index in [-0.39, 0.29) is 18.2 Å². The van der Waals surface area contributed by atoms with E-state index in [4.69, 9.17) is 4.74 Å². The fourth-order valence-corrected chi connectivity index (χ4v) is 3.16. The number of aromatic nitrogens is 2. The van der Waals surface area contributed by atoms with Crippen molar-refractivity contribution in [3.8, 4) is 11.5 Å². The van der Waals surface area contributed by atoms with Gasteiger partial charge in [-0.25, -0.2) is 9.48 Å². The van der Waals surface area contributed by atoms with Crippen LogP contribution in [-0.2, 0) is 11.3 Å². The third kappa shape index (κ3) is 5.69. The van der Waals surface area contributed by atoms with Gasteiger partial charge >= 0.3 is 11.8 Å². The molecule has 1 unspecified atom stereocenters. The summed E-state index contributed by atoms with van der Waals surface area (Å²) in [4.78, 5) is 11.3. The molecule has 2 N–H and O–H groups in total. The highest BCUT2D eigenvalue weighted by Gasteiger charge is 2.24. The zero-order chi connectivity index (χ0) is 21.9. The van der Waals surface area contributed by atoms with Crippen LogP contribution in [0.15, 0.2) is 30.0 Å². The van der Waals surface area contributed by atoms with Gasteiger partial charge in [-0.2, -0.15) is 13.9 Å². The molecular weight excluding hydrogens is 415 g/mol. The molecule has 0 saturated carbocycles. The first-order valence-electron chi connectivity index (χ1n) is 9.47. The second-order valence-electron chi connectivity index (χ2n) is 7.40. The minimum Gasteiger partial charge on any atom is -0.493 e. The lowest BCUT2D eigenvalue weighted by atomic mass is 10.1. The van der Waals surface area contributed by atoms with Crippen LogP contribution in [0.5, 0.6) is 11.5 Å². The Morgan fingerprint density at radius 3 is 2.87 bits per heavy atom. The third-order valence-corrected chi connectivity index (χ3v) is 4.45. The fraction of sp³-hybridized carbons (Fsp3) is 0.400. The van der Waals surface area contributed by atoms with E-state index in [2.05, 4.69) is 15.2 Å². The number of anilines is 1. The smallest absolute Gasteiger partial charge is 0.408 e. The molecule has 1 atom stereocenters. The number of aliphatic carboxylic acids is 1. The summed E-state index contributed by atoms with van der Waals surface area (Å²) < 4.78 is 38.7. The topological polar surface area (TPSA) is 85.6 Å². The van der Waals surface area contributed by atoms with Crippen LogP contribution in [0.25, 0.3) is 6.08 Å². The summed E-state index contributed by atoms with van der Waals surface area (Å²) in [6.45, 7) is 5.15. The van der Waals surface area contributed by atoms with Crippen molar-refractivity contribution in [2.75, 3.05) is 18.5 Å². The van der Waals surface area contributed by atoms with E-state index in [1.807, 2.05) is 13.8 Å². The minimum atomic E-state index is -3.39. The van der Waals surface area contributed by atoms with Crippen LogP contribution in [0.3, 0.4) is 0 Å². The molecule has 2 heterocycles. The lowest BCUT2D eigenvalue weighted by molar-refractivity contribution is -0.132. The molecular formula is C20H24F2N3O4P. The van der Waals surface area contributed by atoms with E-state index < -0.39 is 11.8 Å². The van der Waals surface area contributed by atoms with E-state index in [9.17, 15) is 18.7 Å². The number of halogens is 2. The molecule has 0 radical (unpaired) electrons. The van der Waals surface area contributed by atoms with Crippen molar-refractivity contribution in [1.29, 1.82) is 0 Å². The molecule has 1 aliphatic rings. The normalized spacial score (nSPS) is 13.9. The largest absolute Gasteiger partial charge is 0.493 e. The summed E-state index contributed by atoms with van der Waals surface area (Å²) in [5.74, 6) is -2.87. The molecule has 1 aromatic carbocycles. The number of hydrogen-bond acceptors (Lipinski definition) is 5. The Labute approximate surface area is 175 Å². The molecule has 1 aliphatic heterocycles. The standard InChI is InChI=1S/C20H24F2N3O4P/c1-12(2)11-28-17-4-3-16(29-20(21,22)30)8-15(17)10-25-18-14(9-24-25)7-13(19(26)27)5-6-23-18/h3-4,7-9,12,23H,5-6,10-11,30H2,1-2H3,(H,26,27). The van der Waals surface area contributed by atoms with Gasteiger partial charge in [-0.3, -0.25) is 0 Å². The summed E-state index contributed by atoms with van der Waals surface area (Å²) >= 11 is 0. The van der Waals surface area contributed by atoms with E-state index >= 15 is 0 Å². The molecule has 0 bridgehead atoms. The Kier molecular flexibility index (Phi) is 6.61. The SMILES string of the molecule is CC(C)COc1ccc(OC(F)(F)P)cc1Cn1ncc2c1NCCC(C(=O)O)=C2. The summed E-state index contributed by atoms with van der Waals surface area (Å²) in [7, 11) is 1.34. The predicted octanol–water partition coefficient (Wildman–Crippen LogP) is 4.05. The van der Waals surface area contributed by atoms with Gasteiger partial charge in [-0.1, -0.05) is 13.8 Å².